The number of H-pyrrole nitrogens is 1. The molecule has 3 atom stereocenters. The molecule has 0 bridgehead atoms. The molecule has 0 aliphatic carbocycles. The lowest BCUT2D eigenvalue weighted by molar-refractivity contribution is 0.0146. The number of carbonyl (C=O) groups is 1. The van der Waals surface area contributed by atoms with Gasteiger partial charge in [-0.15, -0.1) is 0 Å². The van der Waals surface area contributed by atoms with Gasteiger partial charge in [0.05, 0.1) is 6.04 Å². The number of nitrogens with zero attached hydrogens (tertiary/aromatic N) is 3. The molecule has 0 spiro atoms. The van der Waals surface area contributed by atoms with Gasteiger partial charge in [-0.1, -0.05) is 0 Å². The van der Waals surface area contributed by atoms with Crippen LogP contribution in [0.5, 0.6) is 0 Å². The van der Waals surface area contributed by atoms with E-state index >= 15 is 0 Å². The second-order valence-electron chi connectivity index (χ2n) is 7.38. The summed E-state index contributed by atoms with van der Waals surface area (Å²) >= 11 is 0. The van der Waals surface area contributed by atoms with Crippen molar-refractivity contribution in [2.75, 3.05) is 13.1 Å². The summed E-state index contributed by atoms with van der Waals surface area (Å²) < 4.78 is 5.49. The molecular weight excluding hydrogens is 294 g/mol. The lowest BCUT2D eigenvalue weighted by atomic mass is 9.91. The van der Waals surface area contributed by atoms with Crippen LogP contribution in [0.3, 0.4) is 0 Å². The number of hydrogen-bond donors (Lipinski definition) is 2. The summed E-state index contributed by atoms with van der Waals surface area (Å²) in [6.45, 7) is 11.4. The Morgan fingerprint density at radius 3 is 2.83 bits per heavy atom. The van der Waals surface area contributed by atoms with Crippen LogP contribution in [0, 0.1) is 5.92 Å². The summed E-state index contributed by atoms with van der Waals surface area (Å²) in [5.74, 6) is 1.23. The number of carbonyl (C=O) groups excluding carboxylic acids is 1. The fourth-order valence-corrected chi connectivity index (χ4v) is 2.94. The first kappa shape index (κ1) is 17.7. The number of rotatable bonds is 4. The standard InChI is InChI=1S/C16H29N5O2/c1-11(19-12(2)14-17-10-18-20-14)13-7-6-8-21(9-13)15(22)23-16(3,4)5/h10-13,19H,6-9H2,1-5H3,(H,17,18,20). The van der Waals surface area contributed by atoms with Crippen LogP contribution >= 0.6 is 0 Å². The summed E-state index contributed by atoms with van der Waals surface area (Å²) in [5.41, 5.74) is -0.450. The SMILES string of the molecule is CC(NC(C)C1CCCN(C(=O)OC(C)(C)C)C1)c1ncn[nH]1. The highest BCUT2D eigenvalue weighted by atomic mass is 16.6. The molecular formula is C16H29N5O2. The van der Waals surface area contributed by atoms with Gasteiger partial charge in [-0.25, -0.2) is 9.78 Å². The molecule has 130 valence electrons. The number of likely N-dealkylation sites (tertiary alicyclic amines) is 1. The number of nitrogens with one attached hydrogen (secondary N) is 2. The van der Waals surface area contributed by atoms with E-state index in [1.807, 2.05) is 25.7 Å². The Kier molecular flexibility index (Phi) is 5.62. The summed E-state index contributed by atoms with van der Waals surface area (Å²) in [6, 6.07) is 0.379. The maximum Gasteiger partial charge on any atom is 0.410 e. The third-order valence-electron chi connectivity index (χ3n) is 4.17. The van der Waals surface area contributed by atoms with Crippen LogP contribution in [-0.4, -0.2) is 50.9 Å². The van der Waals surface area contributed by atoms with Gasteiger partial charge >= 0.3 is 6.09 Å². The van der Waals surface area contributed by atoms with Gasteiger partial charge in [0, 0.05) is 19.1 Å². The van der Waals surface area contributed by atoms with Crippen LogP contribution in [0.2, 0.25) is 0 Å². The zero-order valence-electron chi connectivity index (χ0n) is 14.8. The lowest BCUT2D eigenvalue weighted by Gasteiger charge is -2.37. The topological polar surface area (TPSA) is 83.1 Å². The van der Waals surface area contributed by atoms with E-state index < -0.39 is 5.60 Å². The van der Waals surface area contributed by atoms with Crippen LogP contribution in [0.1, 0.15) is 59.3 Å². The van der Waals surface area contributed by atoms with Crippen LogP contribution in [0.15, 0.2) is 6.33 Å². The van der Waals surface area contributed by atoms with E-state index in [1.54, 1.807) is 0 Å². The Morgan fingerprint density at radius 2 is 2.22 bits per heavy atom. The van der Waals surface area contributed by atoms with Crippen molar-refractivity contribution >= 4 is 6.09 Å². The molecule has 7 nitrogen and oxygen atoms in total. The van der Waals surface area contributed by atoms with E-state index in [0.29, 0.717) is 5.92 Å². The number of aromatic amines is 1. The van der Waals surface area contributed by atoms with Crippen molar-refractivity contribution in [1.29, 1.82) is 0 Å². The predicted molar refractivity (Wildman–Crippen MR) is 87.9 cm³/mol. The van der Waals surface area contributed by atoms with Gasteiger partial charge in [0.15, 0.2) is 0 Å². The maximum absolute atomic E-state index is 12.3. The summed E-state index contributed by atoms with van der Waals surface area (Å²) in [5, 5.41) is 10.3. The van der Waals surface area contributed by atoms with Crippen LogP contribution < -0.4 is 5.32 Å². The van der Waals surface area contributed by atoms with Crippen LogP contribution in [-0.2, 0) is 4.74 Å². The van der Waals surface area contributed by atoms with E-state index in [1.165, 1.54) is 6.33 Å². The molecule has 1 amide bonds. The molecule has 0 radical (unpaired) electrons. The number of hydrogen-bond acceptors (Lipinski definition) is 5. The van der Waals surface area contributed by atoms with E-state index in [-0.39, 0.29) is 18.2 Å². The molecule has 1 aromatic rings. The Hall–Kier alpha value is -1.63. The third-order valence-corrected chi connectivity index (χ3v) is 4.17. The first-order valence-corrected chi connectivity index (χ1v) is 8.35. The van der Waals surface area contributed by atoms with Gasteiger partial charge in [0.25, 0.3) is 0 Å². The van der Waals surface area contributed by atoms with E-state index in [0.717, 1.165) is 31.8 Å². The predicted octanol–water partition coefficient (Wildman–Crippen LogP) is 2.49. The Labute approximate surface area is 138 Å². The third kappa shape index (κ3) is 5.20. The molecule has 1 aromatic heterocycles. The minimum absolute atomic E-state index is 0.101. The van der Waals surface area contributed by atoms with E-state index in [2.05, 4.69) is 34.3 Å². The van der Waals surface area contributed by atoms with Gasteiger partial charge in [-0.2, -0.15) is 5.10 Å². The molecule has 2 rings (SSSR count). The van der Waals surface area contributed by atoms with Gasteiger partial charge in [0.1, 0.15) is 17.8 Å². The smallest absolute Gasteiger partial charge is 0.410 e. The zero-order valence-corrected chi connectivity index (χ0v) is 14.8. The van der Waals surface area contributed by atoms with E-state index in [9.17, 15) is 4.79 Å². The Morgan fingerprint density at radius 1 is 1.48 bits per heavy atom. The van der Waals surface area contributed by atoms with Gasteiger partial charge in [-0.05, 0) is 53.4 Å². The van der Waals surface area contributed by atoms with Crippen molar-refractivity contribution in [3.05, 3.63) is 12.2 Å². The fraction of sp³-hybridized carbons (Fsp3) is 0.812. The van der Waals surface area contributed by atoms with Crippen molar-refractivity contribution in [3.63, 3.8) is 0 Å². The molecule has 2 heterocycles. The lowest BCUT2D eigenvalue weighted by Crippen LogP contribution is -2.48. The van der Waals surface area contributed by atoms with Gasteiger partial charge in [-0.3, -0.25) is 5.10 Å². The van der Waals surface area contributed by atoms with Crippen LogP contribution in [0.25, 0.3) is 0 Å². The second kappa shape index (κ2) is 7.29. The number of amides is 1. The monoisotopic (exact) mass is 323 g/mol. The molecule has 23 heavy (non-hydrogen) atoms. The first-order chi connectivity index (χ1) is 10.8. The summed E-state index contributed by atoms with van der Waals surface area (Å²) in [7, 11) is 0. The summed E-state index contributed by atoms with van der Waals surface area (Å²) in [6.07, 6.45) is 3.42. The Balaban J connectivity index is 1.88. The van der Waals surface area contributed by atoms with Crippen LogP contribution in [0.4, 0.5) is 4.79 Å². The highest BCUT2D eigenvalue weighted by Crippen LogP contribution is 2.23. The van der Waals surface area contributed by atoms with Gasteiger partial charge in [0.2, 0.25) is 0 Å². The average molecular weight is 323 g/mol. The van der Waals surface area contributed by atoms with Crippen molar-refractivity contribution in [3.8, 4) is 0 Å². The molecule has 0 aromatic carbocycles. The number of piperidine rings is 1. The van der Waals surface area contributed by atoms with Crippen molar-refractivity contribution in [1.82, 2.24) is 25.4 Å². The fourth-order valence-electron chi connectivity index (χ4n) is 2.94. The number of aromatic nitrogens is 3. The minimum atomic E-state index is -0.450. The molecule has 1 saturated heterocycles. The quantitative estimate of drug-likeness (QED) is 0.889. The van der Waals surface area contributed by atoms with Crippen molar-refractivity contribution in [2.45, 2.75) is 65.1 Å². The maximum atomic E-state index is 12.3. The second-order valence-corrected chi connectivity index (χ2v) is 7.38. The Bertz CT molecular complexity index is 497. The van der Waals surface area contributed by atoms with Gasteiger partial charge < -0.3 is 15.0 Å². The largest absolute Gasteiger partial charge is 0.444 e. The minimum Gasteiger partial charge on any atom is -0.444 e. The number of ether oxygens (including phenoxy) is 1. The molecule has 1 aliphatic rings. The average Bonchev–Trinajstić information content (AvgIpc) is 3.00. The molecule has 2 N–H and O–H groups in total. The highest BCUT2D eigenvalue weighted by molar-refractivity contribution is 5.68. The van der Waals surface area contributed by atoms with E-state index in [4.69, 9.17) is 4.74 Å². The highest BCUT2D eigenvalue weighted by Gasteiger charge is 2.30. The molecule has 3 unspecified atom stereocenters. The first-order valence-electron chi connectivity index (χ1n) is 8.35. The molecule has 7 heteroatoms. The van der Waals surface area contributed by atoms with Crippen molar-refractivity contribution in [2.24, 2.45) is 5.92 Å². The molecule has 1 fully saturated rings. The molecule has 0 saturated carbocycles. The zero-order chi connectivity index (χ0) is 17.0. The molecule has 1 aliphatic heterocycles. The van der Waals surface area contributed by atoms with Crippen molar-refractivity contribution < 1.29 is 9.53 Å². The normalized spacial score (nSPS) is 21.8. The summed E-state index contributed by atoms with van der Waals surface area (Å²) in [4.78, 5) is 18.3.